The summed E-state index contributed by atoms with van der Waals surface area (Å²) < 4.78 is 5.45. The first kappa shape index (κ1) is 13.3. The van der Waals surface area contributed by atoms with Crippen molar-refractivity contribution in [3.63, 3.8) is 0 Å². The van der Waals surface area contributed by atoms with Crippen LogP contribution in [0, 0.1) is 12.3 Å². The van der Waals surface area contributed by atoms with Gasteiger partial charge in [-0.25, -0.2) is 0 Å². The normalized spacial score (nSPS) is 19.2. The molecule has 0 amide bonds. The fourth-order valence-corrected chi connectivity index (χ4v) is 3.98. The zero-order valence-electron chi connectivity index (χ0n) is 10.3. The van der Waals surface area contributed by atoms with Crippen LogP contribution in [0.3, 0.4) is 0 Å². The van der Waals surface area contributed by atoms with Crippen molar-refractivity contribution in [1.82, 2.24) is 0 Å². The number of thiol groups is 1. The zero-order valence-corrected chi connectivity index (χ0v) is 12.0. The van der Waals surface area contributed by atoms with Gasteiger partial charge < -0.3 is 4.74 Å². The van der Waals surface area contributed by atoms with Gasteiger partial charge in [-0.15, -0.1) is 11.8 Å². The van der Waals surface area contributed by atoms with Crippen molar-refractivity contribution in [2.75, 3.05) is 24.7 Å². The Labute approximate surface area is 114 Å². The van der Waals surface area contributed by atoms with Crippen LogP contribution >= 0.6 is 24.4 Å². The molecule has 1 saturated heterocycles. The Bertz CT molecular complexity index is 359. The van der Waals surface area contributed by atoms with Crippen molar-refractivity contribution in [3.05, 3.63) is 29.8 Å². The molecule has 1 fully saturated rings. The molecule has 0 atom stereocenters. The van der Waals surface area contributed by atoms with Gasteiger partial charge in [0, 0.05) is 23.9 Å². The molecule has 0 bridgehead atoms. The van der Waals surface area contributed by atoms with E-state index in [1.54, 1.807) is 0 Å². The fraction of sp³-hybridized carbons (Fsp3) is 0.571. The van der Waals surface area contributed by atoms with E-state index in [2.05, 4.69) is 43.8 Å². The largest absolute Gasteiger partial charge is 0.381 e. The maximum Gasteiger partial charge on any atom is 0.0471 e. The summed E-state index contributed by atoms with van der Waals surface area (Å²) in [5.41, 5.74) is 1.71. The minimum Gasteiger partial charge on any atom is -0.381 e. The second-order valence-corrected chi connectivity index (χ2v) is 6.24. The Balaban J connectivity index is 1.95. The molecule has 1 aromatic carbocycles. The number of aryl methyl sites for hydroxylation is 1. The monoisotopic (exact) mass is 268 g/mol. The van der Waals surface area contributed by atoms with Crippen LogP contribution in [0.1, 0.15) is 18.4 Å². The lowest BCUT2D eigenvalue weighted by atomic mass is 9.84. The third kappa shape index (κ3) is 3.67. The van der Waals surface area contributed by atoms with Crippen molar-refractivity contribution < 1.29 is 4.74 Å². The van der Waals surface area contributed by atoms with Crippen LogP contribution in [-0.4, -0.2) is 24.7 Å². The highest BCUT2D eigenvalue weighted by Gasteiger charge is 2.31. The minimum absolute atomic E-state index is 0.371. The summed E-state index contributed by atoms with van der Waals surface area (Å²) in [6.45, 7) is 3.94. The van der Waals surface area contributed by atoms with Gasteiger partial charge in [0.05, 0.1) is 0 Å². The standard InChI is InChI=1S/C14H20OS2/c1-12-3-2-4-13(9-12)17-11-14(10-16)5-7-15-8-6-14/h2-4,9,16H,5-8,10-11H2,1H3. The van der Waals surface area contributed by atoms with E-state index in [4.69, 9.17) is 4.74 Å². The Morgan fingerprint density at radius 3 is 2.76 bits per heavy atom. The van der Waals surface area contributed by atoms with Crippen LogP contribution < -0.4 is 0 Å². The Morgan fingerprint density at radius 1 is 1.35 bits per heavy atom. The predicted molar refractivity (Wildman–Crippen MR) is 78.2 cm³/mol. The summed E-state index contributed by atoms with van der Waals surface area (Å²) in [7, 11) is 0. The molecular formula is C14H20OS2. The van der Waals surface area contributed by atoms with Crippen LogP contribution in [0.2, 0.25) is 0 Å². The zero-order chi connectivity index (χ0) is 12.1. The van der Waals surface area contributed by atoms with E-state index in [0.717, 1.165) is 37.6 Å². The highest BCUT2D eigenvalue weighted by Crippen LogP contribution is 2.37. The first-order chi connectivity index (χ1) is 8.24. The van der Waals surface area contributed by atoms with Gasteiger partial charge in [-0.3, -0.25) is 0 Å². The topological polar surface area (TPSA) is 9.23 Å². The summed E-state index contributed by atoms with van der Waals surface area (Å²) in [6.07, 6.45) is 2.30. The molecule has 1 aliphatic rings. The summed E-state index contributed by atoms with van der Waals surface area (Å²) in [6, 6.07) is 8.74. The lowest BCUT2D eigenvalue weighted by Gasteiger charge is -2.35. The van der Waals surface area contributed by atoms with E-state index in [1.807, 2.05) is 11.8 Å². The molecule has 3 heteroatoms. The van der Waals surface area contributed by atoms with Gasteiger partial charge >= 0.3 is 0 Å². The molecule has 1 nitrogen and oxygen atoms in total. The van der Waals surface area contributed by atoms with E-state index in [-0.39, 0.29) is 0 Å². The molecule has 94 valence electrons. The van der Waals surface area contributed by atoms with E-state index in [0.29, 0.717) is 5.41 Å². The molecule has 0 unspecified atom stereocenters. The second kappa shape index (κ2) is 6.17. The first-order valence-corrected chi connectivity index (χ1v) is 7.74. The molecule has 1 heterocycles. The molecule has 1 aliphatic heterocycles. The van der Waals surface area contributed by atoms with E-state index in [1.165, 1.54) is 10.5 Å². The molecule has 0 aromatic heterocycles. The van der Waals surface area contributed by atoms with Crippen molar-refractivity contribution in [2.24, 2.45) is 5.41 Å². The van der Waals surface area contributed by atoms with Crippen molar-refractivity contribution >= 4 is 24.4 Å². The highest BCUT2D eigenvalue weighted by molar-refractivity contribution is 7.99. The predicted octanol–water partition coefficient (Wildman–Crippen LogP) is 3.81. The quantitative estimate of drug-likeness (QED) is 0.657. The van der Waals surface area contributed by atoms with Crippen LogP contribution in [-0.2, 0) is 4.74 Å². The molecule has 0 aliphatic carbocycles. The van der Waals surface area contributed by atoms with E-state index in [9.17, 15) is 0 Å². The average molecular weight is 268 g/mol. The van der Waals surface area contributed by atoms with Crippen molar-refractivity contribution in [1.29, 1.82) is 0 Å². The summed E-state index contributed by atoms with van der Waals surface area (Å²) in [4.78, 5) is 1.37. The van der Waals surface area contributed by atoms with Gasteiger partial charge in [0.2, 0.25) is 0 Å². The smallest absolute Gasteiger partial charge is 0.0471 e. The molecule has 2 rings (SSSR count). The Morgan fingerprint density at radius 2 is 2.12 bits per heavy atom. The lowest BCUT2D eigenvalue weighted by molar-refractivity contribution is 0.0371. The Hall–Kier alpha value is -0.120. The van der Waals surface area contributed by atoms with Crippen LogP contribution in [0.15, 0.2) is 29.2 Å². The molecule has 0 saturated carbocycles. The number of rotatable bonds is 4. The first-order valence-electron chi connectivity index (χ1n) is 6.12. The molecule has 0 N–H and O–H groups in total. The number of ether oxygens (including phenoxy) is 1. The average Bonchev–Trinajstić information content (AvgIpc) is 2.38. The lowest BCUT2D eigenvalue weighted by Crippen LogP contribution is -2.33. The number of thioether (sulfide) groups is 1. The van der Waals surface area contributed by atoms with Gasteiger partial charge in [0.1, 0.15) is 0 Å². The van der Waals surface area contributed by atoms with E-state index >= 15 is 0 Å². The molecule has 0 spiro atoms. The van der Waals surface area contributed by atoms with Gasteiger partial charge in [-0.2, -0.15) is 12.6 Å². The third-order valence-electron chi connectivity index (χ3n) is 3.42. The van der Waals surface area contributed by atoms with Crippen molar-refractivity contribution in [3.8, 4) is 0 Å². The molecule has 1 aromatic rings. The van der Waals surface area contributed by atoms with Crippen molar-refractivity contribution in [2.45, 2.75) is 24.7 Å². The molecular weight excluding hydrogens is 248 g/mol. The number of benzene rings is 1. The van der Waals surface area contributed by atoms with Gasteiger partial charge in [0.15, 0.2) is 0 Å². The number of hydrogen-bond acceptors (Lipinski definition) is 3. The maximum absolute atomic E-state index is 5.45. The van der Waals surface area contributed by atoms with Gasteiger partial charge in [-0.05, 0) is 43.1 Å². The second-order valence-electron chi connectivity index (χ2n) is 4.88. The molecule has 17 heavy (non-hydrogen) atoms. The van der Waals surface area contributed by atoms with Crippen LogP contribution in [0.25, 0.3) is 0 Å². The summed E-state index contributed by atoms with van der Waals surface area (Å²) in [5, 5.41) is 0. The Kier molecular flexibility index (Phi) is 4.83. The van der Waals surface area contributed by atoms with Gasteiger partial charge in [-0.1, -0.05) is 17.7 Å². The maximum atomic E-state index is 5.45. The SMILES string of the molecule is Cc1cccc(SCC2(CS)CCOCC2)c1. The highest BCUT2D eigenvalue weighted by atomic mass is 32.2. The fourth-order valence-electron chi connectivity index (χ4n) is 2.09. The summed E-state index contributed by atoms with van der Waals surface area (Å²) >= 11 is 6.51. The van der Waals surface area contributed by atoms with Gasteiger partial charge in [0.25, 0.3) is 0 Å². The number of hydrogen-bond donors (Lipinski definition) is 1. The molecule has 0 radical (unpaired) electrons. The van der Waals surface area contributed by atoms with E-state index < -0.39 is 0 Å². The van der Waals surface area contributed by atoms with Crippen LogP contribution in [0.4, 0.5) is 0 Å². The summed E-state index contributed by atoms with van der Waals surface area (Å²) in [5.74, 6) is 2.12. The third-order valence-corrected chi connectivity index (χ3v) is 5.44. The minimum atomic E-state index is 0.371. The van der Waals surface area contributed by atoms with Crippen LogP contribution in [0.5, 0.6) is 0 Å².